The average Bonchev–Trinajstić information content (AvgIpc) is 3.51. The van der Waals surface area contributed by atoms with E-state index >= 15 is 0 Å². The highest BCUT2D eigenvalue weighted by Gasteiger charge is 2.25. The van der Waals surface area contributed by atoms with E-state index in [0.717, 1.165) is 63.6 Å². The molecular weight excluding hydrogens is 456 g/mol. The monoisotopic (exact) mass is 492 g/mol. The smallest absolute Gasteiger partial charge is 0.223 e. The average molecular weight is 493 g/mol. The minimum Gasteiger partial charge on any atom is -0.356 e. The Kier molecular flexibility index (Phi) is 8.07. The first-order valence-electron chi connectivity index (χ1n) is 13.2. The van der Waals surface area contributed by atoms with Crippen LogP contribution in [0.3, 0.4) is 0 Å². The molecule has 0 aliphatic carbocycles. The molecule has 0 bridgehead atoms. The third-order valence-corrected chi connectivity index (χ3v) is 7.85. The molecule has 1 amide bonds. The van der Waals surface area contributed by atoms with E-state index in [2.05, 4.69) is 62.1 Å². The molecule has 0 atom stereocenters. The molecule has 3 aromatic rings. The van der Waals surface area contributed by atoms with Gasteiger partial charge in [0.1, 0.15) is 0 Å². The summed E-state index contributed by atoms with van der Waals surface area (Å²) in [6, 6.07) is 19.0. The molecule has 0 radical (unpaired) electrons. The highest BCUT2D eigenvalue weighted by molar-refractivity contribution is 6.30. The first-order chi connectivity index (χ1) is 17.2. The number of piperidine rings is 1. The number of nitrogens with zero attached hydrogens (tertiary/aromatic N) is 3. The van der Waals surface area contributed by atoms with Gasteiger partial charge in [0.15, 0.2) is 0 Å². The lowest BCUT2D eigenvalue weighted by Gasteiger charge is -2.31. The SMILES string of the molecule is O=C(NCCCN1CCCC1)C1CCN(Cc2cc3ccccc3n2Cc2cccc(Cl)c2)CC1. The topological polar surface area (TPSA) is 40.5 Å². The van der Waals surface area contributed by atoms with Gasteiger partial charge in [0.2, 0.25) is 5.91 Å². The Morgan fingerprint density at radius 1 is 0.914 bits per heavy atom. The van der Waals surface area contributed by atoms with Gasteiger partial charge in [-0.25, -0.2) is 0 Å². The number of amides is 1. The molecule has 2 aromatic carbocycles. The van der Waals surface area contributed by atoms with E-state index in [1.807, 2.05) is 12.1 Å². The Labute approximate surface area is 214 Å². The van der Waals surface area contributed by atoms with E-state index < -0.39 is 0 Å². The van der Waals surface area contributed by atoms with Gasteiger partial charge < -0.3 is 14.8 Å². The normalized spacial score (nSPS) is 17.9. The van der Waals surface area contributed by atoms with Gasteiger partial charge in [0.25, 0.3) is 0 Å². The van der Waals surface area contributed by atoms with Crippen molar-refractivity contribution in [2.24, 2.45) is 5.92 Å². The summed E-state index contributed by atoms with van der Waals surface area (Å²) in [5, 5.41) is 5.25. The van der Waals surface area contributed by atoms with Gasteiger partial charge in [-0.05, 0) is 100 Å². The summed E-state index contributed by atoms with van der Waals surface area (Å²) in [6.07, 6.45) is 5.58. The number of carbonyl (C=O) groups is 1. The molecule has 0 spiro atoms. The fourth-order valence-corrected chi connectivity index (χ4v) is 5.86. The van der Waals surface area contributed by atoms with E-state index in [1.165, 1.54) is 48.1 Å². The largest absolute Gasteiger partial charge is 0.356 e. The van der Waals surface area contributed by atoms with Crippen molar-refractivity contribution in [3.05, 3.63) is 70.9 Å². The molecule has 2 fully saturated rings. The quantitative estimate of drug-likeness (QED) is 0.419. The number of halogens is 1. The zero-order valence-electron chi connectivity index (χ0n) is 20.6. The fourth-order valence-electron chi connectivity index (χ4n) is 5.65. The summed E-state index contributed by atoms with van der Waals surface area (Å²) in [5.41, 5.74) is 3.78. The third-order valence-electron chi connectivity index (χ3n) is 7.62. The molecule has 5 rings (SSSR count). The van der Waals surface area contributed by atoms with Gasteiger partial charge in [-0.3, -0.25) is 9.69 Å². The van der Waals surface area contributed by atoms with Gasteiger partial charge in [-0.1, -0.05) is 41.9 Å². The third kappa shape index (κ3) is 6.27. The minimum absolute atomic E-state index is 0.148. The van der Waals surface area contributed by atoms with Crippen molar-refractivity contribution >= 4 is 28.4 Å². The van der Waals surface area contributed by atoms with Crippen molar-refractivity contribution in [2.75, 3.05) is 39.3 Å². The van der Waals surface area contributed by atoms with Crippen LogP contribution in [0.4, 0.5) is 0 Å². The summed E-state index contributed by atoms with van der Waals surface area (Å²) in [6.45, 7) is 8.00. The first-order valence-corrected chi connectivity index (χ1v) is 13.6. The molecule has 35 heavy (non-hydrogen) atoms. The van der Waals surface area contributed by atoms with Crippen molar-refractivity contribution in [2.45, 2.75) is 45.2 Å². The van der Waals surface area contributed by atoms with Gasteiger partial charge >= 0.3 is 0 Å². The Morgan fingerprint density at radius 2 is 1.71 bits per heavy atom. The van der Waals surface area contributed by atoms with Crippen LogP contribution in [0.15, 0.2) is 54.6 Å². The van der Waals surface area contributed by atoms with Crippen LogP contribution in [0.5, 0.6) is 0 Å². The molecule has 1 N–H and O–H groups in total. The Bertz CT molecular complexity index is 1130. The number of para-hydroxylation sites is 1. The van der Waals surface area contributed by atoms with Crippen LogP contribution in [0.1, 0.15) is 43.4 Å². The summed E-state index contributed by atoms with van der Waals surface area (Å²) in [7, 11) is 0. The van der Waals surface area contributed by atoms with Crippen LogP contribution in [0.25, 0.3) is 10.9 Å². The maximum absolute atomic E-state index is 12.7. The molecular formula is C29H37ClN4O. The summed E-state index contributed by atoms with van der Waals surface area (Å²) in [5.74, 6) is 0.400. The predicted octanol–water partition coefficient (Wildman–Crippen LogP) is 5.16. The standard InChI is InChI=1S/C29H37ClN4O/c30-26-9-5-7-23(19-26)21-34-27(20-25-8-1-2-10-28(25)34)22-33-17-11-24(12-18-33)29(35)31-13-6-16-32-14-3-4-15-32/h1-2,5,7-10,19-20,24H,3-4,6,11-18,21-22H2,(H,31,35). The van der Waals surface area contributed by atoms with Crippen molar-refractivity contribution in [1.29, 1.82) is 0 Å². The van der Waals surface area contributed by atoms with Crippen LogP contribution in [0.2, 0.25) is 5.02 Å². The lowest BCUT2D eigenvalue weighted by molar-refractivity contribution is -0.126. The lowest BCUT2D eigenvalue weighted by Crippen LogP contribution is -2.41. The zero-order chi connectivity index (χ0) is 24.0. The molecule has 0 saturated carbocycles. The van der Waals surface area contributed by atoms with Crippen LogP contribution < -0.4 is 5.32 Å². The van der Waals surface area contributed by atoms with Crippen molar-refractivity contribution in [1.82, 2.24) is 19.7 Å². The first kappa shape index (κ1) is 24.4. The van der Waals surface area contributed by atoms with E-state index in [1.54, 1.807) is 0 Å². The Morgan fingerprint density at radius 3 is 2.51 bits per heavy atom. The van der Waals surface area contributed by atoms with E-state index in [0.29, 0.717) is 0 Å². The maximum Gasteiger partial charge on any atom is 0.223 e. The summed E-state index contributed by atoms with van der Waals surface area (Å²) in [4.78, 5) is 17.7. The molecule has 3 heterocycles. The van der Waals surface area contributed by atoms with Crippen molar-refractivity contribution < 1.29 is 4.79 Å². The van der Waals surface area contributed by atoms with E-state index in [-0.39, 0.29) is 11.8 Å². The molecule has 0 unspecified atom stereocenters. The van der Waals surface area contributed by atoms with Crippen molar-refractivity contribution in [3.8, 4) is 0 Å². The summed E-state index contributed by atoms with van der Waals surface area (Å²) >= 11 is 6.26. The van der Waals surface area contributed by atoms with Gasteiger partial charge in [0, 0.05) is 41.8 Å². The number of likely N-dealkylation sites (tertiary alicyclic amines) is 2. The number of hydrogen-bond donors (Lipinski definition) is 1. The number of benzene rings is 2. The maximum atomic E-state index is 12.7. The predicted molar refractivity (Wildman–Crippen MR) is 144 cm³/mol. The number of fused-ring (bicyclic) bond motifs is 1. The van der Waals surface area contributed by atoms with Crippen LogP contribution in [-0.2, 0) is 17.9 Å². The Hall–Kier alpha value is -2.34. The molecule has 5 nitrogen and oxygen atoms in total. The van der Waals surface area contributed by atoms with Crippen LogP contribution in [-0.4, -0.2) is 59.5 Å². The fraction of sp³-hybridized carbons (Fsp3) is 0.483. The summed E-state index contributed by atoms with van der Waals surface area (Å²) < 4.78 is 2.42. The van der Waals surface area contributed by atoms with E-state index in [4.69, 9.17) is 11.6 Å². The van der Waals surface area contributed by atoms with Gasteiger partial charge in [-0.2, -0.15) is 0 Å². The van der Waals surface area contributed by atoms with Gasteiger partial charge in [-0.15, -0.1) is 0 Å². The highest BCUT2D eigenvalue weighted by Crippen LogP contribution is 2.25. The van der Waals surface area contributed by atoms with E-state index in [9.17, 15) is 4.79 Å². The molecule has 2 saturated heterocycles. The second-order valence-electron chi connectivity index (χ2n) is 10.2. The number of aromatic nitrogens is 1. The molecule has 2 aliphatic rings. The number of nitrogens with one attached hydrogen (secondary N) is 1. The van der Waals surface area contributed by atoms with Gasteiger partial charge in [0.05, 0.1) is 0 Å². The molecule has 1 aromatic heterocycles. The molecule has 6 heteroatoms. The lowest BCUT2D eigenvalue weighted by atomic mass is 9.95. The second kappa shape index (κ2) is 11.6. The number of rotatable bonds is 9. The molecule has 2 aliphatic heterocycles. The molecule has 186 valence electrons. The second-order valence-corrected chi connectivity index (χ2v) is 10.6. The van der Waals surface area contributed by atoms with Crippen molar-refractivity contribution in [3.63, 3.8) is 0 Å². The zero-order valence-corrected chi connectivity index (χ0v) is 21.3. The Balaban J connectivity index is 1.15. The highest BCUT2D eigenvalue weighted by atomic mass is 35.5. The van der Waals surface area contributed by atoms with Crippen LogP contribution in [0, 0.1) is 5.92 Å². The van der Waals surface area contributed by atoms with Crippen LogP contribution >= 0.6 is 11.6 Å². The number of carbonyl (C=O) groups excluding carboxylic acids is 1. The number of hydrogen-bond acceptors (Lipinski definition) is 3. The minimum atomic E-state index is 0.148.